The van der Waals surface area contributed by atoms with E-state index in [2.05, 4.69) is 19.2 Å². The first kappa shape index (κ1) is 16.0. The van der Waals surface area contributed by atoms with Crippen LogP contribution in [-0.4, -0.2) is 33.9 Å². The number of sulfone groups is 1. The van der Waals surface area contributed by atoms with Crippen LogP contribution in [0.3, 0.4) is 0 Å². The van der Waals surface area contributed by atoms with Gasteiger partial charge in [-0.2, -0.15) is 0 Å². The van der Waals surface area contributed by atoms with Gasteiger partial charge in [-0.25, -0.2) is 8.42 Å². The zero-order chi connectivity index (χ0) is 14.3. The van der Waals surface area contributed by atoms with Gasteiger partial charge in [-0.3, -0.25) is 0 Å². The van der Waals surface area contributed by atoms with Crippen molar-refractivity contribution in [1.29, 1.82) is 0 Å². The zero-order valence-electron chi connectivity index (χ0n) is 11.8. The number of ether oxygens (including phenoxy) is 1. The molecule has 1 rings (SSSR count). The second kappa shape index (κ2) is 7.50. The molecule has 0 bridgehead atoms. The summed E-state index contributed by atoms with van der Waals surface area (Å²) in [5, 5.41) is 3.20. The van der Waals surface area contributed by atoms with Gasteiger partial charge < -0.3 is 10.1 Å². The van der Waals surface area contributed by atoms with Crippen molar-refractivity contribution in [2.75, 3.05) is 30.8 Å². The molecule has 1 aromatic carbocycles. The number of anilines is 1. The summed E-state index contributed by atoms with van der Waals surface area (Å²) in [5.41, 5.74) is 0.906. The summed E-state index contributed by atoms with van der Waals surface area (Å²) in [5.74, 6) is 0.668. The van der Waals surface area contributed by atoms with Crippen LogP contribution < -0.4 is 5.32 Å². The average molecular weight is 285 g/mol. The molecule has 5 heteroatoms. The molecule has 0 saturated heterocycles. The SMILES string of the molecule is CCS(=O)(=O)c1ccc(NCCOCC(C)C)cc1. The van der Waals surface area contributed by atoms with Gasteiger partial charge in [0.25, 0.3) is 0 Å². The third kappa shape index (κ3) is 5.61. The standard InChI is InChI=1S/C14H23NO3S/c1-4-19(16,17)14-7-5-13(6-8-14)15-9-10-18-11-12(2)3/h5-8,12,15H,4,9-11H2,1-3H3. The van der Waals surface area contributed by atoms with Gasteiger partial charge in [0.1, 0.15) is 0 Å². The maximum absolute atomic E-state index is 11.6. The van der Waals surface area contributed by atoms with E-state index in [0.29, 0.717) is 24.0 Å². The lowest BCUT2D eigenvalue weighted by atomic mass is 10.2. The van der Waals surface area contributed by atoms with Crippen molar-refractivity contribution in [2.24, 2.45) is 5.92 Å². The third-order valence-corrected chi connectivity index (χ3v) is 4.37. The lowest BCUT2D eigenvalue weighted by molar-refractivity contribution is 0.118. The van der Waals surface area contributed by atoms with Gasteiger partial charge in [0.15, 0.2) is 9.84 Å². The van der Waals surface area contributed by atoms with Crippen molar-refractivity contribution >= 4 is 15.5 Å². The highest BCUT2D eigenvalue weighted by molar-refractivity contribution is 7.91. The molecule has 0 atom stereocenters. The maximum atomic E-state index is 11.6. The lowest BCUT2D eigenvalue weighted by Gasteiger charge is -2.09. The van der Waals surface area contributed by atoms with Crippen LogP contribution in [0.5, 0.6) is 0 Å². The summed E-state index contributed by atoms with van der Waals surface area (Å²) >= 11 is 0. The van der Waals surface area contributed by atoms with Gasteiger partial charge in [0, 0.05) is 18.8 Å². The molecule has 0 aliphatic rings. The molecule has 0 spiro atoms. The Morgan fingerprint density at radius 2 is 1.84 bits per heavy atom. The molecule has 0 aliphatic heterocycles. The van der Waals surface area contributed by atoms with Gasteiger partial charge >= 0.3 is 0 Å². The van der Waals surface area contributed by atoms with E-state index in [9.17, 15) is 8.42 Å². The predicted molar refractivity (Wildman–Crippen MR) is 78.3 cm³/mol. The number of hydrogen-bond donors (Lipinski definition) is 1. The second-order valence-corrected chi connectivity index (χ2v) is 7.10. The van der Waals surface area contributed by atoms with Gasteiger partial charge in [-0.15, -0.1) is 0 Å². The van der Waals surface area contributed by atoms with E-state index in [1.54, 1.807) is 31.2 Å². The summed E-state index contributed by atoms with van der Waals surface area (Å²) in [7, 11) is -3.11. The van der Waals surface area contributed by atoms with Crippen molar-refractivity contribution in [2.45, 2.75) is 25.7 Å². The Morgan fingerprint density at radius 3 is 2.37 bits per heavy atom. The van der Waals surface area contributed by atoms with Crippen LogP contribution in [0.15, 0.2) is 29.2 Å². The van der Waals surface area contributed by atoms with Gasteiger partial charge in [-0.1, -0.05) is 20.8 Å². The molecule has 0 radical (unpaired) electrons. The summed E-state index contributed by atoms with van der Waals surface area (Å²) < 4.78 is 28.7. The van der Waals surface area contributed by atoms with Crippen molar-refractivity contribution < 1.29 is 13.2 Å². The molecular formula is C14H23NO3S. The van der Waals surface area contributed by atoms with E-state index in [0.717, 1.165) is 12.3 Å². The minimum Gasteiger partial charge on any atom is -0.383 e. The van der Waals surface area contributed by atoms with E-state index >= 15 is 0 Å². The molecule has 0 heterocycles. The Balaban J connectivity index is 2.41. The molecule has 0 aliphatic carbocycles. The van der Waals surface area contributed by atoms with Crippen molar-refractivity contribution in [3.05, 3.63) is 24.3 Å². The fourth-order valence-electron chi connectivity index (χ4n) is 1.53. The summed E-state index contributed by atoms with van der Waals surface area (Å²) in [6.45, 7) is 7.99. The van der Waals surface area contributed by atoms with E-state index < -0.39 is 9.84 Å². The molecule has 0 amide bonds. The molecule has 4 nitrogen and oxygen atoms in total. The highest BCUT2D eigenvalue weighted by atomic mass is 32.2. The van der Waals surface area contributed by atoms with Crippen molar-refractivity contribution in [1.82, 2.24) is 0 Å². The topological polar surface area (TPSA) is 55.4 Å². The number of hydrogen-bond acceptors (Lipinski definition) is 4. The Bertz CT molecular complexity index is 466. The Hall–Kier alpha value is -1.07. The van der Waals surface area contributed by atoms with Crippen molar-refractivity contribution in [3.63, 3.8) is 0 Å². The lowest BCUT2D eigenvalue weighted by Crippen LogP contribution is -2.12. The highest BCUT2D eigenvalue weighted by Crippen LogP contribution is 2.15. The number of rotatable bonds is 8. The maximum Gasteiger partial charge on any atom is 0.178 e. The van der Waals surface area contributed by atoms with Crippen LogP contribution in [0.1, 0.15) is 20.8 Å². The molecular weight excluding hydrogens is 262 g/mol. The third-order valence-electron chi connectivity index (χ3n) is 2.62. The largest absolute Gasteiger partial charge is 0.383 e. The second-order valence-electron chi connectivity index (χ2n) is 4.82. The summed E-state index contributed by atoms with van der Waals surface area (Å²) in [6, 6.07) is 6.84. The monoisotopic (exact) mass is 285 g/mol. The summed E-state index contributed by atoms with van der Waals surface area (Å²) in [6.07, 6.45) is 0. The zero-order valence-corrected chi connectivity index (χ0v) is 12.7. The molecule has 0 fully saturated rings. The minimum atomic E-state index is -3.11. The molecule has 1 N–H and O–H groups in total. The average Bonchev–Trinajstić information content (AvgIpc) is 2.38. The van der Waals surface area contributed by atoms with Crippen LogP contribution in [-0.2, 0) is 14.6 Å². The van der Waals surface area contributed by atoms with Crippen LogP contribution in [0.4, 0.5) is 5.69 Å². The normalized spacial score (nSPS) is 11.8. The van der Waals surface area contributed by atoms with Crippen molar-refractivity contribution in [3.8, 4) is 0 Å². The number of benzene rings is 1. The number of nitrogens with one attached hydrogen (secondary N) is 1. The predicted octanol–water partition coefficient (Wildman–Crippen LogP) is 2.56. The molecule has 0 saturated carbocycles. The fraction of sp³-hybridized carbons (Fsp3) is 0.571. The van der Waals surface area contributed by atoms with Gasteiger partial charge in [0.2, 0.25) is 0 Å². The Labute approximate surface area is 116 Å². The highest BCUT2D eigenvalue weighted by Gasteiger charge is 2.10. The van der Waals surface area contributed by atoms with E-state index in [1.807, 2.05) is 0 Å². The van der Waals surface area contributed by atoms with Gasteiger partial charge in [-0.05, 0) is 30.2 Å². The van der Waals surface area contributed by atoms with Crippen LogP contribution >= 0.6 is 0 Å². The first-order valence-corrected chi connectivity index (χ1v) is 8.25. The summed E-state index contributed by atoms with van der Waals surface area (Å²) in [4.78, 5) is 0.372. The molecule has 1 aromatic rings. The van der Waals surface area contributed by atoms with Crippen LogP contribution in [0.25, 0.3) is 0 Å². The van der Waals surface area contributed by atoms with Gasteiger partial charge in [0.05, 0.1) is 17.3 Å². The Morgan fingerprint density at radius 1 is 1.21 bits per heavy atom. The van der Waals surface area contributed by atoms with Crippen LogP contribution in [0.2, 0.25) is 0 Å². The Kier molecular flexibility index (Phi) is 6.31. The van der Waals surface area contributed by atoms with E-state index in [4.69, 9.17) is 4.74 Å². The first-order valence-electron chi connectivity index (χ1n) is 6.60. The molecule has 108 valence electrons. The first-order chi connectivity index (χ1) is 8.95. The van der Waals surface area contributed by atoms with E-state index in [-0.39, 0.29) is 5.75 Å². The molecule has 0 aromatic heterocycles. The van der Waals surface area contributed by atoms with E-state index in [1.165, 1.54) is 0 Å². The van der Waals surface area contributed by atoms with Crippen LogP contribution in [0, 0.1) is 5.92 Å². The quantitative estimate of drug-likeness (QED) is 0.746. The fourth-order valence-corrected chi connectivity index (χ4v) is 2.42. The molecule has 19 heavy (non-hydrogen) atoms. The smallest absolute Gasteiger partial charge is 0.178 e. The molecule has 0 unspecified atom stereocenters. The minimum absolute atomic E-state index is 0.128.